The first-order valence-electron chi connectivity index (χ1n) is 5.25. The molecule has 1 heterocycles. The maximum Gasteiger partial charge on any atom is 0.265 e. The van der Waals surface area contributed by atoms with Crippen molar-refractivity contribution in [3.05, 3.63) is 20.8 Å². The highest BCUT2D eigenvalue weighted by Crippen LogP contribution is 2.33. The summed E-state index contributed by atoms with van der Waals surface area (Å²) in [5.74, 6) is 0.510. The van der Waals surface area contributed by atoms with Gasteiger partial charge in [0.05, 0.1) is 5.02 Å². The van der Waals surface area contributed by atoms with Crippen molar-refractivity contribution in [2.24, 2.45) is 0 Å². The maximum atomic E-state index is 12.2. The van der Waals surface area contributed by atoms with Crippen LogP contribution >= 0.6 is 34.5 Å². The number of alkyl halides is 1. The Morgan fingerprint density at radius 1 is 1.62 bits per heavy atom. The lowest BCUT2D eigenvalue weighted by Gasteiger charge is -2.20. The van der Waals surface area contributed by atoms with Gasteiger partial charge in [-0.1, -0.05) is 11.6 Å². The Kier molecular flexibility index (Phi) is 3.77. The number of carbonyl (C=O) groups excluding carboxylic acids is 1. The topological polar surface area (TPSA) is 20.3 Å². The molecule has 88 valence electrons. The molecule has 0 aromatic carbocycles. The molecule has 5 heteroatoms. The van der Waals surface area contributed by atoms with Gasteiger partial charge in [-0.05, 0) is 30.7 Å². The molecule has 1 saturated carbocycles. The van der Waals surface area contributed by atoms with Crippen molar-refractivity contribution in [3.8, 4) is 0 Å². The summed E-state index contributed by atoms with van der Waals surface area (Å²) < 4.78 is 0. The lowest BCUT2D eigenvalue weighted by atomic mass is 10.3. The van der Waals surface area contributed by atoms with Crippen molar-refractivity contribution >= 4 is 40.4 Å². The van der Waals surface area contributed by atoms with E-state index in [1.165, 1.54) is 11.3 Å². The van der Waals surface area contributed by atoms with E-state index in [9.17, 15) is 4.79 Å². The van der Waals surface area contributed by atoms with Gasteiger partial charge in [-0.2, -0.15) is 0 Å². The van der Waals surface area contributed by atoms with E-state index in [1.807, 2.05) is 17.2 Å². The van der Waals surface area contributed by atoms with Gasteiger partial charge in [0.1, 0.15) is 4.88 Å². The van der Waals surface area contributed by atoms with E-state index in [1.54, 1.807) is 0 Å². The van der Waals surface area contributed by atoms with Gasteiger partial charge >= 0.3 is 0 Å². The molecular formula is C11H13Cl2NOS. The van der Waals surface area contributed by atoms with Crippen LogP contribution in [0.2, 0.25) is 5.02 Å². The molecule has 0 radical (unpaired) electrons. The van der Waals surface area contributed by atoms with Crippen LogP contribution in [0, 0.1) is 6.92 Å². The summed E-state index contributed by atoms with van der Waals surface area (Å²) in [6, 6.07) is 0.379. The highest BCUT2D eigenvalue weighted by Gasteiger charge is 2.33. The van der Waals surface area contributed by atoms with Gasteiger partial charge in [0.25, 0.3) is 5.91 Å². The summed E-state index contributed by atoms with van der Waals surface area (Å²) in [5.41, 5.74) is 0.969. The van der Waals surface area contributed by atoms with Crippen molar-refractivity contribution in [1.82, 2.24) is 4.90 Å². The average Bonchev–Trinajstić information content (AvgIpc) is 3.04. The zero-order valence-corrected chi connectivity index (χ0v) is 11.3. The average molecular weight is 278 g/mol. The largest absolute Gasteiger partial charge is 0.334 e. The number of carbonyl (C=O) groups is 1. The normalized spacial score (nSPS) is 15.2. The van der Waals surface area contributed by atoms with Crippen LogP contribution in [0.25, 0.3) is 0 Å². The molecule has 1 aliphatic rings. The fourth-order valence-corrected chi connectivity index (χ4v) is 3.04. The zero-order valence-electron chi connectivity index (χ0n) is 9.00. The monoisotopic (exact) mass is 277 g/mol. The molecule has 1 aliphatic carbocycles. The van der Waals surface area contributed by atoms with Crippen molar-refractivity contribution in [3.63, 3.8) is 0 Å². The Morgan fingerprint density at radius 3 is 2.75 bits per heavy atom. The van der Waals surface area contributed by atoms with E-state index in [2.05, 4.69) is 0 Å². The SMILES string of the molecule is Cc1csc(C(=O)N(CCCl)C2CC2)c1Cl. The van der Waals surface area contributed by atoms with Crippen molar-refractivity contribution in [2.75, 3.05) is 12.4 Å². The molecule has 0 bridgehead atoms. The first-order valence-corrected chi connectivity index (χ1v) is 7.05. The molecule has 0 unspecified atom stereocenters. The summed E-state index contributed by atoms with van der Waals surface area (Å²) in [6.45, 7) is 2.52. The van der Waals surface area contributed by atoms with E-state index in [0.29, 0.717) is 28.4 Å². The predicted octanol–water partition coefficient (Wildman–Crippen LogP) is 3.55. The molecule has 1 aromatic rings. The van der Waals surface area contributed by atoms with Crippen LogP contribution in [-0.4, -0.2) is 29.3 Å². The van der Waals surface area contributed by atoms with Crippen molar-refractivity contribution in [1.29, 1.82) is 0 Å². The quantitative estimate of drug-likeness (QED) is 0.771. The van der Waals surface area contributed by atoms with Gasteiger partial charge in [0.2, 0.25) is 0 Å². The molecule has 2 rings (SSSR count). The molecule has 1 fully saturated rings. The van der Waals surface area contributed by atoms with Crippen LogP contribution in [0.4, 0.5) is 0 Å². The summed E-state index contributed by atoms with van der Waals surface area (Å²) >= 11 is 13.2. The fourth-order valence-electron chi connectivity index (χ4n) is 1.63. The molecule has 1 aromatic heterocycles. The molecule has 0 saturated heterocycles. The molecule has 0 N–H and O–H groups in total. The van der Waals surface area contributed by atoms with Crippen molar-refractivity contribution < 1.29 is 4.79 Å². The predicted molar refractivity (Wildman–Crippen MR) is 68.8 cm³/mol. The van der Waals surface area contributed by atoms with Gasteiger partial charge < -0.3 is 4.90 Å². The Morgan fingerprint density at radius 2 is 2.31 bits per heavy atom. The molecular weight excluding hydrogens is 265 g/mol. The molecule has 2 nitrogen and oxygen atoms in total. The van der Waals surface area contributed by atoms with Crippen LogP contribution in [0.15, 0.2) is 5.38 Å². The van der Waals surface area contributed by atoms with Gasteiger partial charge in [-0.15, -0.1) is 22.9 Å². The Hall–Kier alpha value is -0.250. The number of halogens is 2. The first-order chi connectivity index (χ1) is 7.65. The summed E-state index contributed by atoms with van der Waals surface area (Å²) in [5, 5.41) is 2.51. The molecule has 0 aliphatic heterocycles. The van der Waals surface area contributed by atoms with Crippen LogP contribution in [0.1, 0.15) is 28.1 Å². The van der Waals surface area contributed by atoms with E-state index in [-0.39, 0.29) is 5.91 Å². The minimum atomic E-state index is 0.0336. The van der Waals surface area contributed by atoms with E-state index in [0.717, 1.165) is 18.4 Å². The summed E-state index contributed by atoms with van der Waals surface area (Å²) in [6.07, 6.45) is 2.18. The minimum absolute atomic E-state index is 0.0336. The lowest BCUT2D eigenvalue weighted by molar-refractivity contribution is 0.0758. The number of aryl methyl sites for hydroxylation is 1. The second-order valence-electron chi connectivity index (χ2n) is 3.98. The second kappa shape index (κ2) is 4.94. The van der Waals surface area contributed by atoms with Crippen LogP contribution < -0.4 is 0 Å². The molecule has 0 atom stereocenters. The zero-order chi connectivity index (χ0) is 11.7. The van der Waals surface area contributed by atoms with Gasteiger partial charge in [-0.3, -0.25) is 4.79 Å². The van der Waals surface area contributed by atoms with E-state index in [4.69, 9.17) is 23.2 Å². The number of hydrogen-bond donors (Lipinski definition) is 0. The highest BCUT2D eigenvalue weighted by atomic mass is 35.5. The lowest BCUT2D eigenvalue weighted by Crippen LogP contribution is -2.34. The third-order valence-electron chi connectivity index (χ3n) is 2.67. The number of amides is 1. The third kappa shape index (κ3) is 2.36. The van der Waals surface area contributed by atoms with Crippen molar-refractivity contribution in [2.45, 2.75) is 25.8 Å². The first kappa shape index (κ1) is 12.2. The Balaban J connectivity index is 2.18. The molecule has 1 amide bonds. The highest BCUT2D eigenvalue weighted by molar-refractivity contribution is 7.13. The van der Waals surface area contributed by atoms with Crippen LogP contribution in [0.5, 0.6) is 0 Å². The minimum Gasteiger partial charge on any atom is -0.334 e. The fraction of sp³-hybridized carbons (Fsp3) is 0.545. The van der Waals surface area contributed by atoms with E-state index >= 15 is 0 Å². The second-order valence-corrected chi connectivity index (χ2v) is 5.62. The standard InChI is InChI=1S/C11H13Cl2NOS/c1-7-6-16-10(9(7)13)11(15)14(5-4-12)8-2-3-8/h6,8H,2-5H2,1H3. The number of rotatable bonds is 4. The number of thiophene rings is 1. The Labute approximate surface area is 109 Å². The van der Waals surface area contributed by atoms with Gasteiger partial charge in [0, 0.05) is 18.5 Å². The Bertz CT molecular complexity index is 401. The van der Waals surface area contributed by atoms with Crippen LogP contribution in [0.3, 0.4) is 0 Å². The molecule has 16 heavy (non-hydrogen) atoms. The number of hydrogen-bond acceptors (Lipinski definition) is 2. The molecule has 0 spiro atoms. The number of nitrogens with zero attached hydrogens (tertiary/aromatic N) is 1. The van der Waals surface area contributed by atoms with Gasteiger partial charge in [0.15, 0.2) is 0 Å². The van der Waals surface area contributed by atoms with Gasteiger partial charge in [-0.25, -0.2) is 0 Å². The third-order valence-corrected chi connectivity index (χ3v) is 4.52. The maximum absolute atomic E-state index is 12.2. The van der Waals surface area contributed by atoms with Crippen LogP contribution in [-0.2, 0) is 0 Å². The van der Waals surface area contributed by atoms with E-state index < -0.39 is 0 Å². The smallest absolute Gasteiger partial charge is 0.265 e. The summed E-state index contributed by atoms with van der Waals surface area (Å²) in [4.78, 5) is 14.7. The summed E-state index contributed by atoms with van der Waals surface area (Å²) in [7, 11) is 0.